The molecule has 0 saturated carbocycles. The maximum absolute atomic E-state index is 12.9. The number of nitrogens with two attached hydrogens (primary N) is 1. The first-order chi connectivity index (χ1) is 20.0. The summed E-state index contributed by atoms with van der Waals surface area (Å²) < 4.78 is 7.15. The summed E-state index contributed by atoms with van der Waals surface area (Å²) in [5, 5.41) is 34.1. The molecule has 2 saturated heterocycles. The zero-order chi connectivity index (χ0) is 29.0. The maximum atomic E-state index is 12.9. The van der Waals surface area contributed by atoms with Crippen molar-refractivity contribution in [1.29, 1.82) is 0 Å². The van der Waals surface area contributed by atoms with Crippen LogP contribution in [0.1, 0.15) is 44.8 Å². The Balaban J connectivity index is 0.00000484. The Hall–Kier alpha value is -2.43. The van der Waals surface area contributed by atoms with Crippen LogP contribution in [0.2, 0.25) is 0 Å². The van der Waals surface area contributed by atoms with Gasteiger partial charge in [0.1, 0.15) is 24.1 Å². The Morgan fingerprint density at radius 2 is 1.69 bits per heavy atom. The summed E-state index contributed by atoms with van der Waals surface area (Å²) >= 11 is 0. The summed E-state index contributed by atoms with van der Waals surface area (Å²) in [6, 6.07) is 0. The molecular formula is C26H44CuN10O5+2. The number of aromatic nitrogens is 4. The van der Waals surface area contributed by atoms with Crippen LogP contribution in [0, 0.1) is 0 Å². The quantitative estimate of drug-likeness (QED) is 0.125. The number of fused-ring (bicyclic) bond motifs is 1. The Morgan fingerprint density at radius 3 is 2.48 bits per heavy atom. The molecule has 0 spiro atoms. The number of unbranched alkanes of at least 4 members (excludes halogenated alkanes) is 2. The molecule has 4 atom stereocenters. The molecule has 2 amide bonds. The molecule has 4 heterocycles. The second-order valence-corrected chi connectivity index (χ2v) is 10.5. The van der Waals surface area contributed by atoms with Crippen molar-refractivity contribution in [3.05, 3.63) is 12.7 Å². The van der Waals surface area contributed by atoms with Crippen LogP contribution in [0.4, 0.5) is 5.82 Å². The van der Waals surface area contributed by atoms with Crippen LogP contribution in [0.3, 0.4) is 0 Å². The number of nitrogen functional groups attached to an aromatic ring is 1. The Bertz CT molecular complexity index is 1110. The Morgan fingerprint density at radius 1 is 0.952 bits per heavy atom. The molecule has 2 aromatic heterocycles. The zero-order valence-corrected chi connectivity index (χ0v) is 24.7. The summed E-state index contributed by atoms with van der Waals surface area (Å²) in [6.07, 6.45) is 2.15. The number of nitrogens with one attached hydrogen (secondary N) is 4. The number of aliphatic hydroxyl groups excluding tert-OH is 2. The van der Waals surface area contributed by atoms with E-state index in [-0.39, 0.29) is 28.8 Å². The summed E-state index contributed by atoms with van der Waals surface area (Å²) in [6.45, 7) is 7.28. The van der Waals surface area contributed by atoms with E-state index in [0.29, 0.717) is 37.1 Å². The first kappa shape index (κ1) is 34.1. The van der Waals surface area contributed by atoms with E-state index < -0.39 is 30.4 Å². The number of anilines is 1. The van der Waals surface area contributed by atoms with Gasteiger partial charge in [-0.25, -0.2) is 15.0 Å². The predicted octanol–water partition coefficient (Wildman–Crippen LogP) is -1.91. The van der Waals surface area contributed by atoms with Gasteiger partial charge in [0.2, 0.25) is 5.91 Å². The van der Waals surface area contributed by atoms with Crippen molar-refractivity contribution in [1.82, 2.24) is 45.7 Å². The minimum atomic E-state index is -1.43. The standard InChI is InChI=1S/C26H44N10O5.Cu/c27-23-19-24(33-16-32-23)36(17-34-19)26-21(39)20(38)22(41-26)25(40)31-10-3-1-2-6-18(37)35-14-5-9-29-12-11-28-7-4-8-30-13-15-35;/h16-17,20-22,26,28-30,38-39H,1-15H2,(H,31,40)(H2,27,32,33);/q;+2/t20-,21+,22-,26+;/m0./s1. The van der Waals surface area contributed by atoms with Crippen LogP contribution in [0.25, 0.3) is 11.2 Å². The van der Waals surface area contributed by atoms with Crippen molar-refractivity contribution in [2.75, 3.05) is 64.6 Å². The molecule has 0 unspecified atom stereocenters. The second-order valence-electron chi connectivity index (χ2n) is 10.5. The zero-order valence-electron chi connectivity index (χ0n) is 23.8. The normalized spacial score (nSPS) is 24.6. The van der Waals surface area contributed by atoms with E-state index >= 15 is 0 Å². The van der Waals surface area contributed by atoms with E-state index in [2.05, 4.69) is 36.2 Å². The van der Waals surface area contributed by atoms with E-state index in [1.54, 1.807) is 0 Å². The minimum Gasteiger partial charge on any atom is -0.387 e. The molecule has 16 heteroatoms. The van der Waals surface area contributed by atoms with Gasteiger partial charge in [0.15, 0.2) is 23.8 Å². The van der Waals surface area contributed by atoms with E-state index in [1.807, 2.05) is 4.90 Å². The molecule has 237 valence electrons. The summed E-state index contributed by atoms with van der Waals surface area (Å²) in [5.41, 5.74) is 6.48. The molecule has 15 nitrogen and oxygen atoms in total. The number of imidazole rings is 1. The van der Waals surface area contributed by atoms with Crippen LogP contribution >= 0.6 is 0 Å². The molecule has 2 fully saturated rings. The van der Waals surface area contributed by atoms with Crippen LogP contribution in [-0.2, 0) is 31.4 Å². The molecule has 42 heavy (non-hydrogen) atoms. The van der Waals surface area contributed by atoms with E-state index in [0.717, 1.165) is 71.5 Å². The predicted molar refractivity (Wildman–Crippen MR) is 152 cm³/mol. The van der Waals surface area contributed by atoms with Crippen molar-refractivity contribution in [2.24, 2.45) is 0 Å². The third-order valence-electron chi connectivity index (χ3n) is 7.40. The first-order valence-corrected chi connectivity index (χ1v) is 14.6. The number of hydrogen-bond donors (Lipinski definition) is 7. The minimum absolute atomic E-state index is 0. The topological polar surface area (TPSA) is 205 Å². The number of rotatable bonds is 8. The molecule has 2 aliphatic rings. The van der Waals surface area contributed by atoms with Crippen molar-refractivity contribution in [3.8, 4) is 0 Å². The van der Waals surface area contributed by atoms with Gasteiger partial charge < -0.3 is 46.9 Å². The van der Waals surface area contributed by atoms with Gasteiger partial charge in [0, 0.05) is 45.7 Å². The number of amides is 2. The summed E-state index contributed by atoms with van der Waals surface area (Å²) in [7, 11) is 0. The fourth-order valence-electron chi connectivity index (χ4n) is 5.07. The number of nitrogens with zero attached hydrogens (tertiary/aromatic N) is 5. The molecule has 0 bridgehead atoms. The van der Waals surface area contributed by atoms with Gasteiger partial charge in [-0.05, 0) is 45.3 Å². The molecule has 4 rings (SSSR count). The van der Waals surface area contributed by atoms with E-state index in [1.165, 1.54) is 17.2 Å². The number of ether oxygens (including phenoxy) is 1. The number of carbonyl (C=O) groups is 2. The monoisotopic (exact) mass is 639 g/mol. The van der Waals surface area contributed by atoms with E-state index in [9.17, 15) is 19.8 Å². The average molecular weight is 640 g/mol. The van der Waals surface area contributed by atoms with Gasteiger partial charge in [0.05, 0.1) is 6.33 Å². The van der Waals surface area contributed by atoms with Gasteiger partial charge in [-0.1, -0.05) is 6.42 Å². The van der Waals surface area contributed by atoms with Crippen LogP contribution in [0.5, 0.6) is 0 Å². The van der Waals surface area contributed by atoms with Crippen molar-refractivity contribution in [3.63, 3.8) is 0 Å². The van der Waals surface area contributed by atoms with Gasteiger partial charge in [-0.15, -0.1) is 0 Å². The van der Waals surface area contributed by atoms with Crippen molar-refractivity contribution in [2.45, 2.75) is 63.1 Å². The van der Waals surface area contributed by atoms with Gasteiger partial charge in [0.25, 0.3) is 5.91 Å². The Labute approximate surface area is 256 Å². The SMILES string of the molecule is Nc1ncnc2c1ncn2[C@@H]1O[C@H](C(=O)NCCCCCC(=O)N2CCCNCCNCCCNCC2)[C@@H](O)[C@H]1O.[Cu+2]. The molecule has 2 aromatic rings. The van der Waals surface area contributed by atoms with Gasteiger partial charge in [-0.2, -0.15) is 0 Å². The molecule has 0 aliphatic carbocycles. The second kappa shape index (κ2) is 17.6. The number of carbonyl (C=O) groups excluding carboxylic acids is 2. The number of hydrogen-bond acceptors (Lipinski definition) is 12. The summed E-state index contributed by atoms with van der Waals surface area (Å²) in [4.78, 5) is 39.7. The third kappa shape index (κ3) is 9.28. The van der Waals surface area contributed by atoms with Crippen molar-refractivity contribution >= 4 is 28.8 Å². The first-order valence-electron chi connectivity index (χ1n) is 14.6. The van der Waals surface area contributed by atoms with Crippen LogP contribution in [-0.4, -0.2) is 124 Å². The fraction of sp³-hybridized carbons (Fsp3) is 0.731. The van der Waals surface area contributed by atoms with Crippen LogP contribution in [0.15, 0.2) is 12.7 Å². The molecule has 1 radical (unpaired) electrons. The molecule has 8 N–H and O–H groups in total. The average Bonchev–Trinajstić information content (AvgIpc) is 3.53. The third-order valence-corrected chi connectivity index (χ3v) is 7.40. The molecule has 2 aliphatic heterocycles. The van der Waals surface area contributed by atoms with Crippen molar-refractivity contribution < 1.29 is 41.6 Å². The molecular weight excluding hydrogens is 596 g/mol. The molecule has 0 aromatic carbocycles. The summed E-state index contributed by atoms with van der Waals surface area (Å²) in [5.74, 6) is -0.183. The van der Waals surface area contributed by atoms with E-state index in [4.69, 9.17) is 10.5 Å². The maximum Gasteiger partial charge on any atom is 2.00 e. The van der Waals surface area contributed by atoms with Gasteiger partial charge >= 0.3 is 17.1 Å². The Kier molecular flexibility index (Phi) is 14.3. The van der Waals surface area contributed by atoms with Crippen LogP contribution < -0.4 is 27.0 Å². The van der Waals surface area contributed by atoms with Gasteiger partial charge in [-0.3, -0.25) is 14.2 Å². The smallest absolute Gasteiger partial charge is 0.387 e. The fourth-order valence-corrected chi connectivity index (χ4v) is 5.07. The largest absolute Gasteiger partial charge is 2.00 e. The number of aliphatic hydroxyl groups is 2.